The van der Waals surface area contributed by atoms with Crippen molar-refractivity contribution in [2.45, 2.75) is 13.5 Å². The number of aryl methyl sites for hydroxylation is 1. The van der Waals surface area contributed by atoms with Gasteiger partial charge in [0.15, 0.2) is 0 Å². The number of carbonyl (C=O) groups is 1. The third-order valence-corrected chi connectivity index (χ3v) is 5.16. The molecule has 7 heteroatoms. The van der Waals surface area contributed by atoms with Gasteiger partial charge >= 0.3 is 0 Å². The number of rotatable bonds is 6. The number of pyridine rings is 1. The van der Waals surface area contributed by atoms with Crippen molar-refractivity contribution in [1.29, 1.82) is 0 Å². The first-order valence-corrected chi connectivity index (χ1v) is 10.5. The van der Waals surface area contributed by atoms with E-state index in [1.807, 2.05) is 90.3 Å². The number of carbonyl (C=O) groups excluding carboxylic acids is 1. The molecule has 0 aliphatic carbocycles. The Morgan fingerprint density at radius 2 is 1.82 bits per heavy atom. The molecule has 0 aliphatic heterocycles. The van der Waals surface area contributed by atoms with E-state index >= 15 is 0 Å². The lowest BCUT2D eigenvalue weighted by molar-refractivity contribution is 0.102. The molecule has 3 heterocycles. The first-order chi connectivity index (χ1) is 16.2. The maximum atomic E-state index is 13.1. The molecule has 0 saturated carbocycles. The van der Waals surface area contributed by atoms with Gasteiger partial charge in [-0.15, -0.1) is 0 Å². The van der Waals surface area contributed by atoms with Crippen molar-refractivity contribution in [2.24, 2.45) is 0 Å². The number of fused-ring (bicyclic) bond motifs is 1. The molecule has 33 heavy (non-hydrogen) atoms. The molecule has 5 rings (SSSR count). The number of nitrogens with one attached hydrogen (secondary N) is 1. The molecule has 1 amide bonds. The van der Waals surface area contributed by atoms with Crippen molar-refractivity contribution in [2.75, 3.05) is 5.32 Å². The van der Waals surface area contributed by atoms with Gasteiger partial charge in [-0.2, -0.15) is 0 Å². The maximum absolute atomic E-state index is 13.1. The highest BCUT2D eigenvalue weighted by molar-refractivity contribution is 6.04. The van der Waals surface area contributed by atoms with Gasteiger partial charge in [-0.25, -0.2) is 15.0 Å². The van der Waals surface area contributed by atoms with E-state index in [1.54, 1.807) is 0 Å². The summed E-state index contributed by atoms with van der Waals surface area (Å²) >= 11 is 0. The van der Waals surface area contributed by atoms with E-state index < -0.39 is 0 Å². The van der Waals surface area contributed by atoms with Gasteiger partial charge in [-0.1, -0.05) is 60.2 Å². The fourth-order valence-corrected chi connectivity index (χ4v) is 3.55. The summed E-state index contributed by atoms with van der Waals surface area (Å²) in [6.07, 6.45) is 3.19. The first kappa shape index (κ1) is 20.4. The average Bonchev–Trinajstić information content (AvgIpc) is 3.22. The average molecular weight is 435 g/mol. The standard InChI is InChI=1S/C26H21N5O2/c1-18-8-7-11-20(14-18)24-25(31-13-6-5-12-22(31)29-24)30-26(32)21-15-23(28-17-27-21)33-16-19-9-3-2-4-10-19/h2-15,17H,16H2,1H3,(H,30,32). The molecule has 0 unspecified atom stereocenters. The van der Waals surface area contributed by atoms with Crippen LogP contribution in [0.3, 0.4) is 0 Å². The van der Waals surface area contributed by atoms with Crippen LogP contribution in [0.5, 0.6) is 5.88 Å². The molecule has 1 N–H and O–H groups in total. The fourth-order valence-electron chi connectivity index (χ4n) is 3.55. The molecule has 162 valence electrons. The van der Waals surface area contributed by atoms with Crippen LogP contribution in [0.25, 0.3) is 16.9 Å². The Bertz CT molecular complexity index is 1430. The van der Waals surface area contributed by atoms with Gasteiger partial charge in [0.2, 0.25) is 5.88 Å². The van der Waals surface area contributed by atoms with Crippen molar-refractivity contribution in [3.8, 4) is 17.1 Å². The minimum Gasteiger partial charge on any atom is -0.473 e. The lowest BCUT2D eigenvalue weighted by Crippen LogP contribution is -2.16. The molecular formula is C26H21N5O2. The monoisotopic (exact) mass is 435 g/mol. The van der Waals surface area contributed by atoms with Crippen molar-refractivity contribution in [1.82, 2.24) is 19.4 Å². The summed E-state index contributed by atoms with van der Waals surface area (Å²) < 4.78 is 7.60. The number of amides is 1. The second-order valence-electron chi connectivity index (χ2n) is 7.58. The van der Waals surface area contributed by atoms with Crippen LogP contribution >= 0.6 is 0 Å². The maximum Gasteiger partial charge on any atom is 0.275 e. The normalized spacial score (nSPS) is 10.8. The highest BCUT2D eigenvalue weighted by Gasteiger charge is 2.18. The largest absolute Gasteiger partial charge is 0.473 e. The number of nitrogens with zero attached hydrogens (tertiary/aromatic N) is 4. The Balaban J connectivity index is 1.43. The van der Waals surface area contributed by atoms with E-state index in [9.17, 15) is 4.79 Å². The number of hydrogen-bond donors (Lipinski definition) is 1. The molecule has 0 aliphatic rings. The van der Waals surface area contributed by atoms with Crippen LogP contribution in [0.2, 0.25) is 0 Å². The summed E-state index contributed by atoms with van der Waals surface area (Å²) in [5, 5.41) is 2.98. The molecule has 0 radical (unpaired) electrons. The van der Waals surface area contributed by atoms with Crippen LogP contribution in [-0.2, 0) is 6.61 Å². The molecule has 3 aromatic heterocycles. The van der Waals surface area contributed by atoms with E-state index in [0.717, 1.165) is 22.3 Å². The van der Waals surface area contributed by atoms with Crippen LogP contribution in [0, 0.1) is 6.92 Å². The number of anilines is 1. The SMILES string of the molecule is Cc1cccc(-c2nc3ccccn3c2NC(=O)c2cc(OCc3ccccc3)ncn2)c1. The molecule has 5 aromatic rings. The van der Waals surface area contributed by atoms with E-state index in [-0.39, 0.29) is 11.6 Å². The van der Waals surface area contributed by atoms with Crippen molar-refractivity contribution in [3.63, 3.8) is 0 Å². The van der Waals surface area contributed by atoms with Gasteiger partial charge in [0.1, 0.15) is 35.8 Å². The molecule has 0 spiro atoms. The Labute approximate surface area is 190 Å². The zero-order valence-electron chi connectivity index (χ0n) is 18.0. The Kier molecular flexibility index (Phi) is 5.51. The Morgan fingerprint density at radius 3 is 2.67 bits per heavy atom. The molecule has 0 saturated heterocycles. The third-order valence-electron chi connectivity index (χ3n) is 5.16. The second-order valence-corrected chi connectivity index (χ2v) is 7.58. The van der Waals surface area contributed by atoms with Crippen LogP contribution in [0.1, 0.15) is 21.6 Å². The van der Waals surface area contributed by atoms with Crippen molar-refractivity contribution in [3.05, 3.63) is 108 Å². The fraction of sp³-hybridized carbons (Fsp3) is 0.0769. The number of aromatic nitrogens is 4. The smallest absolute Gasteiger partial charge is 0.275 e. The Morgan fingerprint density at radius 1 is 0.970 bits per heavy atom. The molecule has 0 bridgehead atoms. The van der Waals surface area contributed by atoms with E-state index in [1.165, 1.54) is 12.4 Å². The topological polar surface area (TPSA) is 81.4 Å². The second kappa shape index (κ2) is 8.92. The van der Waals surface area contributed by atoms with Gasteiger partial charge in [0.25, 0.3) is 5.91 Å². The summed E-state index contributed by atoms with van der Waals surface area (Å²) in [6, 6.07) is 25.0. The predicted molar refractivity (Wildman–Crippen MR) is 126 cm³/mol. The van der Waals surface area contributed by atoms with E-state index in [2.05, 4.69) is 15.3 Å². The lowest BCUT2D eigenvalue weighted by Gasteiger charge is -2.09. The van der Waals surface area contributed by atoms with Crippen LogP contribution in [0.15, 0.2) is 91.4 Å². The van der Waals surface area contributed by atoms with Gasteiger partial charge in [-0.3, -0.25) is 9.20 Å². The molecule has 7 nitrogen and oxygen atoms in total. The number of imidazole rings is 1. The highest BCUT2D eigenvalue weighted by atomic mass is 16.5. The van der Waals surface area contributed by atoms with E-state index in [0.29, 0.717) is 24.0 Å². The van der Waals surface area contributed by atoms with Crippen LogP contribution in [0.4, 0.5) is 5.82 Å². The summed E-state index contributed by atoms with van der Waals surface area (Å²) in [5.74, 6) is 0.532. The summed E-state index contributed by atoms with van der Waals surface area (Å²) in [5.41, 5.74) is 4.66. The third kappa shape index (κ3) is 4.43. The summed E-state index contributed by atoms with van der Waals surface area (Å²) in [7, 11) is 0. The number of hydrogen-bond acceptors (Lipinski definition) is 5. The summed E-state index contributed by atoms with van der Waals surface area (Å²) in [6.45, 7) is 2.37. The van der Waals surface area contributed by atoms with Gasteiger partial charge in [0.05, 0.1) is 0 Å². The Hall–Kier alpha value is -4.52. The molecule has 2 aromatic carbocycles. The molecule has 0 atom stereocenters. The van der Waals surface area contributed by atoms with E-state index in [4.69, 9.17) is 9.72 Å². The van der Waals surface area contributed by atoms with Crippen molar-refractivity contribution >= 4 is 17.4 Å². The zero-order chi connectivity index (χ0) is 22.6. The minimum absolute atomic E-state index is 0.203. The minimum atomic E-state index is -0.374. The first-order valence-electron chi connectivity index (χ1n) is 10.5. The number of ether oxygens (including phenoxy) is 1. The molecular weight excluding hydrogens is 414 g/mol. The zero-order valence-corrected chi connectivity index (χ0v) is 18.0. The predicted octanol–water partition coefficient (Wildman–Crippen LogP) is 4.93. The molecule has 0 fully saturated rings. The van der Waals surface area contributed by atoms with Crippen LogP contribution < -0.4 is 10.1 Å². The highest BCUT2D eigenvalue weighted by Crippen LogP contribution is 2.29. The van der Waals surface area contributed by atoms with Crippen LogP contribution in [-0.4, -0.2) is 25.3 Å². The van der Waals surface area contributed by atoms with Crippen molar-refractivity contribution < 1.29 is 9.53 Å². The van der Waals surface area contributed by atoms with Gasteiger partial charge < -0.3 is 10.1 Å². The van der Waals surface area contributed by atoms with Gasteiger partial charge in [-0.05, 0) is 30.7 Å². The summed E-state index contributed by atoms with van der Waals surface area (Å²) in [4.78, 5) is 26.1. The van der Waals surface area contributed by atoms with Gasteiger partial charge in [0, 0.05) is 17.8 Å². The quantitative estimate of drug-likeness (QED) is 0.409. The number of benzene rings is 2. The lowest BCUT2D eigenvalue weighted by atomic mass is 10.1.